The van der Waals surface area contributed by atoms with Crippen LogP contribution in [0.4, 0.5) is 0 Å². The fraction of sp³-hybridized carbons (Fsp3) is 1.00. The SMILES string of the molecule is C1CNCN1.OCCN1CCNC1. The van der Waals surface area contributed by atoms with Crippen LogP contribution in [0.1, 0.15) is 0 Å². The molecular formula is C8H20N4O. The fourth-order valence-corrected chi connectivity index (χ4v) is 1.33. The van der Waals surface area contributed by atoms with Crippen LogP contribution >= 0.6 is 0 Å². The topological polar surface area (TPSA) is 59.6 Å². The Bertz CT molecular complexity index is 105. The van der Waals surface area contributed by atoms with E-state index in [1.54, 1.807) is 0 Å². The quantitative estimate of drug-likeness (QED) is 0.403. The molecule has 0 aromatic rings. The van der Waals surface area contributed by atoms with E-state index < -0.39 is 0 Å². The van der Waals surface area contributed by atoms with Gasteiger partial charge in [-0.25, -0.2) is 0 Å². The van der Waals surface area contributed by atoms with Crippen LogP contribution in [0.5, 0.6) is 0 Å². The molecule has 0 bridgehead atoms. The van der Waals surface area contributed by atoms with Crippen molar-refractivity contribution in [2.75, 3.05) is 52.7 Å². The molecule has 5 heteroatoms. The molecule has 2 aliphatic heterocycles. The number of nitrogens with zero attached hydrogens (tertiary/aromatic N) is 1. The highest BCUT2D eigenvalue weighted by molar-refractivity contribution is 4.64. The van der Waals surface area contributed by atoms with Gasteiger partial charge in [0.2, 0.25) is 0 Å². The summed E-state index contributed by atoms with van der Waals surface area (Å²) in [6, 6.07) is 0. The van der Waals surface area contributed by atoms with E-state index in [1.165, 1.54) is 0 Å². The maximum atomic E-state index is 8.46. The van der Waals surface area contributed by atoms with Gasteiger partial charge in [-0.05, 0) is 0 Å². The van der Waals surface area contributed by atoms with Crippen molar-refractivity contribution in [2.45, 2.75) is 0 Å². The Labute approximate surface area is 79.5 Å². The summed E-state index contributed by atoms with van der Waals surface area (Å²) >= 11 is 0. The van der Waals surface area contributed by atoms with Gasteiger partial charge in [-0.2, -0.15) is 0 Å². The van der Waals surface area contributed by atoms with Crippen molar-refractivity contribution < 1.29 is 5.11 Å². The lowest BCUT2D eigenvalue weighted by molar-refractivity contribution is 0.220. The maximum absolute atomic E-state index is 8.46. The summed E-state index contributed by atoms with van der Waals surface area (Å²) in [6.45, 7) is 7.47. The molecule has 0 aliphatic carbocycles. The van der Waals surface area contributed by atoms with Crippen LogP contribution in [0.15, 0.2) is 0 Å². The van der Waals surface area contributed by atoms with E-state index in [0.717, 1.165) is 46.1 Å². The van der Waals surface area contributed by atoms with Gasteiger partial charge in [-0.1, -0.05) is 0 Å². The molecule has 5 nitrogen and oxygen atoms in total. The summed E-state index contributed by atoms with van der Waals surface area (Å²) in [5.74, 6) is 0. The van der Waals surface area contributed by atoms with E-state index in [-0.39, 0.29) is 6.61 Å². The van der Waals surface area contributed by atoms with Crippen LogP contribution in [0.25, 0.3) is 0 Å². The van der Waals surface area contributed by atoms with Crippen LogP contribution in [-0.2, 0) is 0 Å². The Morgan fingerprint density at radius 1 is 1.08 bits per heavy atom. The van der Waals surface area contributed by atoms with Crippen molar-refractivity contribution in [1.82, 2.24) is 20.9 Å². The summed E-state index contributed by atoms with van der Waals surface area (Å²) in [7, 11) is 0. The van der Waals surface area contributed by atoms with Gasteiger partial charge in [-0.3, -0.25) is 4.90 Å². The van der Waals surface area contributed by atoms with Gasteiger partial charge in [0.05, 0.1) is 6.61 Å². The van der Waals surface area contributed by atoms with Gasteiger partial charge in [0.1, 0.15) is 0 Å². The molecule has 4 N–H and O–H groups in total. The Balaban J connectivity index is 0.000000145. The Morgan fingerprint density at radius 2 is 1.85 bits per heavy atom. The summed E-state index contributed by atoms with van der Waals surface area (Å²) in [6.07, 6.45) is 0. The van der Waals surface area contributed by atoms with Crippen molar-refractivity contribution in [3.63, 3.8) is 0 Å². The monoisotopic (exact) mass is 188 g/mol. The molecule has 2 rings (SSSR count). The number of rotatable bonds is 2. The maximum Gasteiger partial charge on any atom is 0.0558 e. The second-order valence-electron chi connectivity index (χ2n) is 3.18. The minimum Gasteiger partial charge on any atom is -0.395 e. The van der Waals surface area contributed by atoms with Crippen molar-refractivity contribution in [1.29, 1.82) is 0 Å². The average molecular weight is 188 g/mol. The van der Waals surface area contributed by atoms with E-state index >= 15 is 0 Å². The molecule has 0 amide bonds. The Hall–Kier alpha value is -0.200. The molecule has 0 atom stereocenters. The third-order valence-corrected chi connectivity index (χ3v) is 2.08. The molecule has 0 radical (unpaired) electrons. The standard InChI is InChI=1S/C5H12N2O.C3H8N2/c8-4-3-7-2-1-6-5-7;1-2-5-3-4-1/h6,8H,1-5H2;4-5H,1-3H2. The Kier molecular flexibility index (Phi) is 6.05. The molecule has 2 aliphatic rings. The van der Waals surface area contributed by atoms with Crippen LogP contribution in [0, 0.1) is 0 Å². The van der Waals surface area contributed by atoms with Gasteiger partial charge in [0, 0.05) is 46.1 Å². The number of aliphatic hydroxyl groups excluding tert-OH is 1. The first kappa shape index (κ1) is 10.9. The molecule has 2 fully saturated rings. The lowest BCUT2D eigenvalue weighted by Gasteiger charge is -2.09. The summed E-state index contributed by atoms with van der Waals surface area (Å²) in [5.41, 5.74) is 0. The highest BCUT2D eigenvalue weighted by Gasteiger charge is 2.07. The lowest BCUT2D eigenvalue weighted by atomic mass is 10.5. The van der Waals surface area contributed by atoms with E-state index in [4.69, 9.17) is 5.11 Å². The van der Waals surface area contributed by atoms with Gasteiger partial charge >= 0.3 is 0 Å². The van der Waals surface area contributed by atoms with E-state index in [2.05, 4.69) is 20.9 Å². The molecule has 0 aromatic heterocycles. The number of β-amino-alcohol motifs (C(OH)–C–C–N with tert-alkyl or cyclic N) is 1. The lowest BCUT2D eigenvalue weighted by Crippen LogP contribution is -2.25. The van der Waals surface area contributed by atoms with Crippen molar-refractivity contribution in [2.24, 2.45) is 0 Å². The minimum atomic E-state index is 0.279. The zero-order valence-corrected chi connectivity index (χ0v) is 8.05. The first-order chi connectivity index (χ1) is 6.43. The molecule has 0 aromatic carbocycles. The van der Waals surface area contributed by atoms with Gasteiger partial charge < -0.3 is 21.1 Å². The summed E-state index contributed by atoms with van der Waals surface area (Å²) < 4.78 is 0. The largest absolute Gasteiger partial charge is 0.395 e. The highest BCUT2D eigenvalue weighted by atomic mass is 16.3. The van der Waals surface area contributed by atoms with E-state index in [9.17, 15) is 0 Å². The first-order valence-corrected chi connectivity index (χ1v) is 4.89. The predicted octanol–water partition coefficient (Wildman–Crippen LogP) is -2.02. The second-order valence-corrected chi connectivity index (χ2v) is 3.18. The first-order valence-electron chi connectivity index (χ1n) is 4.89. The number of aliphatic hydroxyl groups is 1. The molecule has 0 spiro atoms. The zero-order chi connectivity index (χ0) is 9.36. The van der Waals surface area contributed by atoms with Crippen LogP contribution < -0.4 is 16.0 Å². The third-order valence-electron chi connectivity index (χ3n) is 2.08. The normalized spacial score (nSPS) is 22.8. The van der Waals surface area contributed by atoms with Crippen LogP contribution in [-0.4, -0.2) is 62.7 Å². The minimum absolute atomic E-state index is 0.279. The van der Waals surface area contributed by atoms with Crippen molar-refractivity contribution in [3.8, 4) is 0 Å². The Morgan fingerprint density at radius 3 is 2.23 bits per heavy atom. The van der Waals surface area contributed by atoms with Crippen molar-refractivity contribution in [3.05, 3.63) is 0 Å². The molecule has 0 unspecified atom stereocenters. The zero-order valence-electron chi connectivity index (χ0n) is 8.05. The molecule has 13 heavy (non-hydrogen) atoms. The third kappa shape index (κ3) is 5.17. The molecule has 0 saturated carbocycles. The summed E-state index contributed by atoms with van der Waals surface area (Å²) in [5, 5.41) is 17.9. The van der Waals surface area contributed by atoms with Crippen LogP contribution in [0.3, 0.4) is 0 Å². The van der Waals surface area contributed by atoms with Crippen LogP contribution in [0.2, 0.25) is 0 Å². The van der Waals surface area contributed by atoms with Gasteiger partial charge in [0.15, 0.2) is 0 Å². The molecule has 2 saturated heterocycles. The second kappa shape index (κ2) is 7.23. The molecule has 78 valence electrons. The average Bonchev–Trinajstić information content (AvgIpc) is 2.79. The smallest absolute Gasteiger partial charge is 0.0558 e. The van der Waals surface area contributed by atoms with Gasteiger partial charge in [0.25, 0.3) is 0 Å². The molecule has 2 heterocycles. The van der Waals surface area contributed by atoms with Gasteiger partial charge in [-0.15, -0.1) is 0 Å². The highest BCUT2D eigenvalue weighted by Crippen LogP contribution is 1.88. The van der Waals surface area contributed by atoms with E-state index in [0.29, 0.717) is 0 Å². The number of hydrogen-bond donors (Lipinski definition) is 4. The predicted molar refractivity (Wildman–Crippen MR) is 52.4 cm³/mol. The number of hydrogen-bond acceptors (Lipinski definition) is 5. The summed E-state index contributed by atoms with van der Waals surface area (Å²) in [4.78, 5) is 2.18. The fourth-order valence-electron chi connectivity index (χ4n) is 1.33. The van der Waals surface area contributed by atoms with Crippen molar-refractivity contribution >= 4 is 0 Å². The van der Waals surface area contributed by atoms with E-state index in [1.807, 2.05) is 0 Å². The number of nitrogens with one attached hydrogen (secondary N) is 3. The molecular weight excluding hydrogens is 168 g/mol.